The van der Waals surface area contributed by atoms with Crippen molar-refractivity contribution in [2.24, 2.45) is 5.73 Å². The molecule has 1 rings (SSSR count). The van der Waals surface area contributed by atoms with Crippen LogP contribution in [-0.2, 0) is 9.59 Å². The molecule has 1 atom stereocenters. The molecule has 1 fully saturated rings. The van der Waals surface area contributed by atoms with Crippen LogP contribution in [-0.4, -0.2) is 46.1 Å². The summed E-state index contributed by atoms with van der Waals surface area (Å²) in [6, 6.07) is -0.648. The fourth-order valence-electron chi connectivity index (χ4n) is 1.29. The third-order valence-corrected chi connectivity index (χ3v) is 3.09. The van der Waals surface area contributed by atoms with E-state index < -0.39 is 12.0 Å². The van der Waals surface area contributed by atoms with Gasteiger partial charge in [-0.05, 0) is 13.0 Å². The zero-order valence-electron chi connectivity index (χ0n) is 7.81. The van der Waals surface area contributed by atoms with E-state index in [1.54, 1.807) is 0 Å². The first-order valence-electron chi connectivity index (χ1n) is 4.47. The molecule has 80 valence electrons. The Morgan fingerprint density at radius 3 is 2.86 bits per heavy atom. The summed E-state index contributed by atoms with van der Waals surface area (Å²) in [7, 11) is 0. The molecule has 0 aromatic heterocycles. The van der Waals surface area contributed by atoms with Crippen molar-refractivity contribution in [3.63, 3.8) is 0 Å². The van der Waals surface area contributed by atoms with Crippen LogP contribution in [0.1, 0.15) is 12.8 Å². The molecule has 1 aliphatic rings. The highest BCUT2D eigenvalue weighted by Crippen LogP contribution is 2.21. The average molecular weight is 218 g/mol. The third kappa shape index (κ3) is 2.62. The SMILES string of the molecule is NCCCC(=O)N1CSCC1C(=O)O. The summed E-state index contributed by atoms with van der Waals surface area (Å²) in [6.07, 6.45) is 0.965. The van der Waals surface area contributed by atoms with E-state index in [1.807, 2.05) is 0 Å². The number of rotatable bonds is 4. The van der Waals surface area contributed by atoms with E-state index in [0.29, 0.717) is 31.0 Å². The Hall–Kier alpha value is -0.750. The normalized spacial score (nSPS) is 21.2. The number of carbonyl (C=O) groups excluding carboxylic acids is 1. The summed E-state index contributed by atoms with van der Waals surface area (Å²) < 4.78 is 0. The van der Waals surface area contributed by atoms with Gasteiger partial charge in [0.2, 0.25) is 5.91 Å². The molecule has 1 saturated heterocycles. The largest absolute Gasteiger partial charge is 0.480 e. The van der Waals surface area contributed by atoms with Gasteiger partial charge >= 0.3 is 5.97 Å². The fourth-order valence-corrected chi connectivity index (χ4v) is 2.46. The predicted octanol–water partition coefficient (Wildman–Crippen LogP) is -0.289. The minimum atomic E-state index is -0.920. The highest BCUT2D eigenvalue weighted by molar-refractivity contribution is 7.99. The van der Waals surface area contributed by atoms with Crippen LogP contribution in [0.15, 0.2) is 0 Å². The van der Waals surface area contributed by atoms with E-state index in [-0.39, 0.29) is 5.91 Å². The molecule has 1 heterocycles. The van der Waals surface area contributed by atoms with E-state index in [4.69, 9.17) is 10.8 Å². The second-order valence-corrected chi connectivity index (χ2v) is 4.11. The van der Waals surface area contributed by atoms with Gasteiger partial charge < -0.3 is 15.7 Å². The minimum absolute atomic E-state index is 0.104. The second-order valence-electron chi connectivity index (χ2n) is 3.11. The molecule has 3 N–H and O–H groups in total. The Bertz CT molecular complexity index is 235. The van der Waals surface area contributed by atoms with Crippen molar-refractivity contribution in [2.75, 3.05) is 18.2 Å². The third-order valence-electron chi connectivity index (χ3n) is 2.08. The van der Waals surface area contributed by atoms with Gasteiger partial charge in [-0.15, -0.1) is 11.8 Å². The highest BCUT2D eigenvalue weighted by atomic mass is 32.2. The summed E-state index contributed by atoms with van der Waals surface area (Å²) in [6.45, 7) is 0.463. The van der Waals surface area contributed by atoms with Crippen molar-refractivity contribution in [1.82, 2.24) is 4.90 Å². The van der Waals surface area contributed by atoms with Gasteiger partial charge in [0.15, 0.2) is 0 Å². The standard InChI is InChI=1S/C8H14N2O3S/c9-3-1-2-7(11)10-5-14-4-6(10)8(12)13/h6H,1-5,9H2,(H,12,13). The molecule has 6 heteroatoms. The maximum absolute atomic E-state index is 11.5. The number of nitrogens with two attached hydrogens (primary N) is 1. The van der Waals surface area contributed by atoms with E-state index in [9.17, 15) is 9.59 Å². The lowest BCUT2D eigenvalue weighted by Crippen LogP contribution is -2.41. The number of carboxylic acid groups (broad SMARTS) is 1. The molecular formula is C8H14N2O3S. The number of thioether (sulfide) groups is 1. The summed E-state index contributed by atoms with van der Waals surface area (Å²) >= 11 is 1.47. The molecule has 0 aliphatic carbocycles. The maximum Gasteiger partial charge on any atom is 0.327 e. The minimum Gasteiger partial charge on any atom is -0.480 e. The van der Waals surface area contributed by atoms with Gasteiger partial charge in [-0.3, -0.25) is 4.79 Å². The van der Waals surface area contributed by atoms with Crippen molar-refractivity contribution in [3.05, 3.63) is 0 Å². The lowest BCUT2D eigenvalue weighted by atomic mass is 10.2. The first kappa shape index (κ1) is 11.3. The molecular weight excluding hydrogens is 204 g/mol. The lowest BCUT2D eigenvalue weighted by molar-refractivity contribution is -0.147. The zero-order chi connectivity index (χ0) is 10.6. The van der Waals surface area contributed by atoms with Crippen molar-refractivity contribution in [2.45, 2.75) is 18.9 Å². The van der Waals surface area contributed by atoms with Crippen LogP contribution in [0.4, 0.5) is 0 Å². The molecule has 0 aromatic carbocycles. The Labute approximate surface area is 86.6 Å². The molecule has 0 saturated carbocycles. The fraction of sp³-hybridized carbons (Fsp3) is 0.750. The number of carbonyl (C=O) groups is 2. The monoisotopic (exact) mass is 218 g/mol. The number of nitrogens with zero attached hydrogens (tertiary/aromatic N) is 1. The Morgan fingerprint density at radius 1 is 1.57 bits per heavy atom. The van der Waals surface area contributed by atoms with Crippen LogP contribution < -0.4 is 5.73 Å². The molecule has 5 nitrogen and oxygen atoms in total. The average Bonchev–Trinajstić information content (AvgIpc) is 2.62. The molecule has 0 radical (unpaired) electrons. The quantitative estimate of drug-likeness (QED) is 0.677. The predicted molar refractivity (Wildman–Crippen MR) is 53.9 cm³/mol. The number of carboxylic acids is 1. The van der Waals surface area contributed by atoms with Gasteiger partial charge in [0.25, 0.3) is 0 Å². The lowest BCUT2D eigenvalue weighted by Gasteiger charge is -2.20. The van der Waals surface area contributed by atoms with Crippen molar-refractivity contribution >= 4 is 23.6 Å². The first-order valence-corrected chi connectivity index (χ1v) is 5.62. The van der Waals surface area contributed by atoms with Crippen LogP contribution in [0.3, 0.4) is 0 Å². The Balaban J connectivity index is 2.49. The van der Waals surface area contributed by atoms with E-state index in [0.717, 1.165) is 0 Å². The van der Waals surface area contributed by atoms with Crippen LogP contribution >= 0.6 is 11.8 Å². The van der Waals surface area contributed by atoms with E-state index >= 15 is 0 Å². The number of aliphatic carboxylic acids is 1. The topological polar surface area (TPSA) is 83.6 Å². The number of hydrogen-bond donors (Lipinski definition) is 2. The summed E-state index contributed by atoms with van der Waals surface area (Å²) in [5.41, 5.74) is 5.28. The van der Waals surface area contributed by atoms with E-state index in [1.165, 1.54) is 16.7 Å². The molecule has 0 aromatic rings. The van der Waals surface area contributed by atoms with Gasteiger partial charge in [0, 0.05) is 12.2 Å². The van der Waals surface area contributed by atoms with E-state index in [2.05, 4.69) is 0 Å². The Kier molecular flexibility index (Phi) is 4.21. The summed E-state index contributed by atoms with van der Waals surface area (Å²) in [5, 5.41) is 8.83. The molecule has 1 amide bonds. The van der Waals surface area contributed by atoms with Gasteiger partial charge in [0.05, 0.1) is 5.88 Å². The van der Waals surface area contributed by atoms with Crippen LogP contribution in [0.25, 0.3) is 0 Å². The van der Waals surface area contributed by atoms with Crippen molar-refractivity contribution < 1.29 is 14.7 Å². The highest BCUT2D eigenvalue weighted by Gasteiger charge is 2.33. The smallest absolute Gasteiger partial charge is 0.327 e. The number of hydrogen-bond acceptors (Lipinski definition) is 4. The Morgan fingerprint density at radius 2 is 2.29 bits per heavy atom. The van der Waals surface area contributed by atoms with Gasteiger partial charge in [0.1, 0.15) is 6.04 Å². The van der Waals surface area contributed by atoms with Crippen molar-refractivity contribution in [1.29, 1.82) is 0 Å². The van der Waals surface area contributed by atoms with Crippen LogP contribution in [0.2, 0.25) is 0 Å². The van der Waals surface area contributed by atoms with Crippen molar-refractivity contribution in [3.8, 4) is 0 Å². The molecule has 0 spiro atoms. The molecule has 14 heavy (non-hydrogen) atoms. The van der Waals surface area contributed by atoms with Gasteiger partial charge in [-0.2, -0.15) is 0 Å². The van der Waals surface area contributed by atoms with Crippen LogP contribution in [0, 0.1) is 0 Å². The van der Waals surface area contributed by atoms with Gasteiger partial charge in [-0.25, -0.2) is 4.79 Å². The van der Waals surface area contributed by atoms with Gasteiger partial charge in [-0.1, -0.05) is 0 Å². The maximum atomic E-state index is 11.5. The summed E-state index contributed by atoms with van der Waals surface area (Å²) in [4.78, 5) is 23.7. The zero-order valence-corrected chi connectivity index (χ0v) is 8.63. The summed E-state index contributed by atoms with van der Waals surface area (Å²) in [5.74, 6) is -0.0479. The van der Waals surface area contributed by atoms with Crippen LogP contribution in [0.5, 0.6) is 0 Å². The number of amides is 1. The first-order chi connectivity index (χ1) is 6.66. The second kappa shape index (κ2) is 5.21. The molecule has 1 aliphatic heterocycles. The molecule has 1 unspecified atom stereocenters. The molecule has 0 bridgehead atoms.